The van der Waals surface area contributed by atoms with Gasteiger partial charge >= 0.3 is 0 Å². The fraction of sp³-hybridized carbons (Fsp3) is 0.588. The molecule has 0 amide bonds. The molecule has 1 aromatic heterocycles. The van der Waals surface area contributed by atoms with Crippen LogP contribution in [0.4, 0.5) is 23.3 Å². The Morgan fingerprint density at radius 3 is 0.984 bits per heavy atom. The van der Waals surface area contributed by atoms with Crippen LogP contribution in [0.2, 0.25) is 0 Å². The first-order valence-corrected chi connectivity index (χ1v) is 24.0. The lowest BCUT2D eigenvalue weighted by Crippen LogP contribution is -2.09. The highest BCUT2D eigenvalue weighted by Gasteiger charge is 2.20. The summed E-state index contributed by atoms with van der Waals surface area (Å²) >= 11 is 0. The van der Waals surface area contributed by atoms with Crippen LogP contribution in [0.1, 0.15) is 157 Å². The normalized spacial score (nSPS) is 11.0. The van der Waals surface area contributed by atoms with Crippen molar-refractivity contribution in [3.8, 4) is 45.9 Å². The summed E-state index contributed by atoms with van der Waals surface area (Å²) in [6.07, 6.45) is 18.9. The van der Waals surface area contributed by atoms with Crippen molar-refractivity contribution in [2.24, 2.45) is 0 Å². The topological polar surface area (TPSA) is 118 Å². The van der Waals surface area contributed by atoms with Crippen LogP contribution in [0.5, 0.6) is 34.5 Å². The van der Waals surface area contributed by atoms with Crippen LogP contribution in [0.3, 0.4) is 0 Å². The van der Waals surface area contributed by atoms with E-state index in [-0.39, 0.29) is 0 Å². The predicted molar refractivity (Wildman–Crippen MR) is 255 cm³/mol. The highest BCUT2D eigenvalue weighted by molar-refractivity contribution is 5.70. The average Bonchev–Trinajstić information content (AvgIpc) is 3.28. The Hall–Kier alpha value is -4.93. The van der Waals surface area contributed by atoms with Crippen LogP contribution in [-0.4, -0.2) is 54.6 Å². The van der Waals surface area contributed by atoms with Gasteiger partial charge in [0, 0.05) is 41.2 Å². The summed E-state index contributed by atoms with van der Waals surface area (Å²) in [5.41, 5.74) is 2.29. The molecule has 0 bridgehead atoms. The number of hydrogen-bond donors (Lipinski definition) is 2. The third kappa shape index (κ3) is 17.8. The second kappa shape index (κ2) is 30.2. The number of rotatable bonds is 35. The van der Waals surface area contributed by atoms with Crippen molar-refractivity contribution < 1.29 is 28.4 Å². The summed E-state index contributed by atoms with van der Waals surface area (Å²) in [5, 5.41) is 6.97. The highest BCUT2D eigenvalue weighted by atomic mass is 16.5. The van der Waals surface area contributed by atoms with E-state index in [2.05, 4.69) is 52.2 Å². The molecule has 0 aliphatic heterocycles. The number of benzene rings is 3. The molecule has 342 valence electrons. The fourth-order valence-corrected chi connectivity index (χ4v) is 6.66. The maximum atomic E-state index is 6.45. The predicted octanol–water partition coefficient (Wildman–Crippen LogP) is 14.4. The third-order valence-electron chi connectivity index (χ3n) is 10.2. The molecule has 11 heteroatoms. The first-order valence-electron chi connectivity index (χ1n) is 24.0. The molecular formula is C51H77N5O6. The second-order valence-corrected chi connectivity index (χ2v) is 15.9. The molecule has 0 atom stereocenters. The number of anilines is 4. The van der Waals surface area contributed by atoms with Gasteiger partial charge in [0.2, 0.25) is 23.4 Å². The summed E-state index contributed by atoms with van der Waals surface area (Å²) in [6, 6.07) is 17.8. The largest absolute Gasteiger partial charge is 0.489 e. The molecule has 62 heavy (non-hydrogen) atoms. The summed E-state index contributed by atoms with van der Waals surface area (Å²) < 4.78 is 38.6. The van der Waals surface area contributed by atoms with Crippen molar-refractivity contribution in [2.45, 2.75) is 157 Å². The lowest BCUT2D eigenvalue weighted by molar-refractivity contribution is 0.235. The molecular weight excluding hydrogens is 779 g/mol. The van der Waals surface area contributed by atoms with Crippen molar-refractivity contribution in [3.05, 3.63) is 54.6 Å². The molecule has 1 heterocycles. The summed E-state index contributed by atoms with van der Waals surface area (Å²) in [6.45, 7) is 16.6. The van der Waals surface area contributed by atoms with Crippen molar-refractivity contribution in [2.75, 3.05) is 50.3 Å². The second-order valence-electron chi connectivity index (χ2n) is 15.9. The minimum atomic E-state index is 0.356. The van der Waals surface area contributed by atoms with E-state index >= 15 is 0 Å². The maximum absolute atomic E-state index is 6.45. The summed E-state index contributed by atoms with van der Waals surface area (Å²) in [5.74, 6) is 5.05. The van der Waals surface area contributed by atoms with Crippen LogP contribution in [0, 0.1) is 0 Å². The number of nitrogens with one attached hydrogen (secondary N) is 2. The van der Waals surface area contributed by atoms with Gasteiger partial charge in [-0.1, -0.05) is 149 Å². The van der Waals surface area contributed by atoms with E-state index in [1.807, 2.05) is 54.6 Å². The van der Waals surface area contributed by atoms with E-state index in [4.69, 9.17) is 43.4 Å². The standard InChI is InChI=1S/C51H77N5O6/c1-7-13-22-30-57-43-36-41(37-44(58-31-23-14-8-2)47(43)61-34-26-17-11-5)52-50-54-49(40-28-20-19-21-29-40)55-51(56-50)53-42-38-45(59-32-24-15-9-3)48(62-35-27-18-12-6)46(39-42)60-33-25-16-10-4/h19-21,28-29,36-39H,7-18,22-27,30-35H2,1-6H3,(H2,52,53,54,55,56). The number of aromatic nitrogens is 3. The quantitative estimate of drug-likeness (QED) is 0.0431. The van der Waals surface area contributed by atoms with Gasteiger partial charge in [-0.05, 0) is 38.5 Å². The first-order chi connectivity index (χ1) is 30.5. The SMILES string of the molecule is CCCCCOc1cc(Nc2nc(Nc3cc(OCCCCC)c(OCCCCC)c(OCCCCC)c3)nc(-c3ccccc3)n2)cc(OCCCCC)c1OCCCCC. The van der Waals surface area contributed by atoms with E-state index in [0.29, 0.717) is 103 Å². The van der Waals surface area contributed by atoms with Crippen molar-refractivity contribution in [1.82, 2.24) is 15.0 Å². The average molecular weight is 856 g/mol. The van der Waals surface area contributed by atoms with Gasteiger partial charge in [0.1, 0.15) is 0 Å². The molecule has 4 rings (SSSR count). The molecule has 3 aromatic carbocycles. The van der Waals surface area contributed by atoms with Crippen LogP contribution >= 0.6 is 0 Å². The molecule has 2 N–H and O–H groups in total. The van der Waals surface area contributed by atoms with Crippen LogP contribution in [0.25, 0.3) is 11.4 Å². The Bertz CT molecular complexity index is 1640. The smallest absolute Gasteiger partial charge is 0.232 e. The zero-order chi connectivity index (χ0) is 44.0. The summed E-state index contributed by atoms with van der Waals surface area (Å²) in [7, 11) is 0. The molecule has 0 radical (unpaired) electrons. The maximum Gasteiger partial charge on any atom is 0.232 e. The minimum absolute atomic E-state index is 0.356. The van der Waals surface area contributed by atoms with E-state index in [1.54, 1.807) is 0 Å². The molecule has 0 fully saturated rings. The number of unbranched alkanes of at least 4 members (excludes halogenated alkanes) is 12. The van der Waals surface area contributed by atoms with Crippen LogP contribution in [0.15, 0.2) is 54.6 Å². The van der Waals surface area contributed by atoms with Gasteiger partial charge in [0.05, 0.1) is 39.6 Å². The number of hydrogen-bond acceptors (Lipinski definition) is 11. The molecule has 0 saturated carbocycles. The van der Waals surface area contributed by atoms with Gasteiger partial charge in [0.25, 0.3) is 0 Å². The molecule has 4 aromatic rings. The molecule has 0 aliphatic rings. The van der Waals surface area contributed by atoms with Gasteiger partial charge < -0.3 is 39.1 Å². The van der Waals surface area contributed by atoms with E-state index in [1.165, 1.54) is 0 Å². The Kier molecular flexibility index (Phi) is 24.2. The lowest BCUT2D eigenvalue weighted by Gasteiger charge is -2.20. The molecule has 0 spiro atoms. The van der Waals surface area contributed by atoms with Crippen LogP contribution < -0.4 is 39.1 Å². The van der Waals surface area contributed by atoms with Gasteiger partial charge in [-0.25, -0.2) is 0 Å². The van der Waals surface area contributed by atoms with E-state index in [0.717, 1.165) is 121 Å². The first kappa shape index (κ1) is 49.7. The van der Waals surface area contributed by atoms with Gasteiger partial charge in [0.15, 0.2) is 28.8 Å². The Morgan fingerprint density at radius 1 is 0.371 bits per heavy atom. The Balaban J connectivity index is 1.77. The van der Waals surface area contributed by atoms with Gasteiger partial charge in [-0.15, -0.1) is 0 Å². The summed E-state index contributed by atoms with van der Waals surface area (Å²) in [4.78, 5) is 14.8. The highest BCUT2D eigenvalue weighted by Crippen LogP contribution is 2.43. The number of nitrogens with zero attached hydrogens (tertiary/aromatic N) is 3. The lowest BCUT2D eigenvalue weighted by atomic mass is 10.2. The van der Waals surface area contributed by atoms with Crippen molar-refractivity contribution >= 4 is 23.3 Å². The zero-order valence-corrected chi connectivity index (χ0v) is 39.0. The van der Waals surface area contributed by atoms with Crippen molar-refractivity contribution in [1.29, 1.82) is 0 Å². The number of ether oxygens (including phenoxy) is 6. The monoisotopic (exact) mass is 856 g/mol. The third-order valence-corrected chi connectivity index (χ3v) is 10.2. The fourth-order valence-electron chi connectivity index (χ4n) is 6.66. The minimum Gasteiger partial charge on any atom is -0.489 e. The molecule has 0 saturated heterocycles. The molecule has 11 nitrogen and oxygen atoms in total. The zero-order valence-electron chi connectivity index (χ0n) is 39.0. The van der Waals surface area contributed by atoms with E-state index in [9.17, 15) is 0 Å². The Labute approximate surface area is 373 Å². The molecule has 0 unspecified atom stereocenters. The van der Waals surface area contributed by atoms with Gasteiger partial charge in [-0.2, -0.15) is 15.0 Å². The Morgan fingerprint density at radius 2 is 0.677 bits per heavy atom. The van der Waals surface area contributed by atoms with Crippen molar-refractivity contribution in [3.63, 3.8) is 0 Å². The van der Waals surface area contributed by atoms with Gasteiger partial charge in [-0.3, -0.25) is 0 Å². The molecule has 0 aliphatic carbocycles. The van der Waals surface area contributed by atoms with Crippen LogP contribution in [-0.2, 0) is 0 Å². The van der Waals surface area contributed by atoms with E-state index < -0.39 is 0 Å².